The predicted octanol–water partition coefficient (Wildman–Crippen LogP) is 2.60. The molecule has 1 unspecified atom stereocenters. The van der Waals surface area contributed by atoms with Gasteiger partial charge in [-0.15, -0.1) is 6.58 Å². The standard InChI is InChI=1S/C12H14O2/c1-3-4-10-5-7-11(8-6-10)9(2)12(13)14/h3,5-9H,1,4H2,2H3,(H,13,14). The fourth-order valence-electron chi connectivity index (χ4n) is 1.25. The third-order valence-corrected chi connectivity index (χ3v) is 2.23. The number of hydrogen-bond acceptors (Lipinski definition) is 1. The van der Waals surface area contributed by atoms with Crippen molar-refractivity contribution in [2.45, 2.75) is 19.3 Å². The Hall–Kier alpha value is -1.57. The van der Waals surface area contributed by atoms with E-state index in [9.17, 15) is 4.79 Å². The van der Waals surface area contributed by atoms with Crippen molar-refractivity contribution in [1.29, 1.82) is 0 Å². The molecule has 0 saturated carbocycles. The van der Waals surface area contributed by atoms with Crippen LogP contribution in [0.4, 0.5) is 0 Å². The lowest BCUT2D eigenvalue weighted by Gasteiger charge is -2.06. The molecule has 0 radical (unpaired) electrons. The minimum atomic E-state index is -0.790. The quantitative estimate of drug-likeness (QED) is 0.741. The molecule has 2 heteroatoms. The van der Waals surface area contributed by atoms with Crippen LogP contribution in [0.5, 0.6) is 0 Å². The highest BCUT2D eigenvalue weighted by Crippen LogP contribution is 2.16. The van der Waals surface area contributed by atoms with Crippen molar-refractivity contribution in [2.75, 3.05) is 0 Å². The molecule has 0 aliphatic heterocycles. The highest BCUT2D eigenvalue weighted by atomic mass is 16.4. The Morgan fingerprint density at radius 2 is 2.07 bits per heavy atom. The highest BCUT2D eigenvalue weighted by Gasteiger charge is 2.12. The van der Waals surface area contributed by atoms with Gasteiger partial charge in [-0.2, -0.15) is 0 Å². The van der Waals surface area contributed by atoms with Crippen LogP contribution < -0.4 is 0 Å². The number of benzene rings is 1. The maximum atomic E-state index is 10.7. The van der Waals surface area contributed by atoms with E-state index >= 15 is 0 Å². The molecule has 14 heavy (non-hydrogen) atoms. The number of hydrogen-bond donors (Lipinski definition) is 1. The van der Waals surface area contributed by atoms with Crippen molar-refractivity contribution < 1.29 is 9.90 Å². The van der Waals surface area contributed by atoms with Gasteiger partial charge in [0.05, 0.1) is 5.92 Å². The summed E-state index contributed by atoms with van der Waals surface area (Å²) in [4.78, 5) is 10.7. The van der Waals surface area contributed by atoms with Gasteiger partial charge in [-0.05, 0) is 24.5 Å². The van der Waals surface area contributed by atoms with Crippen LogP contribution in [0.2, 0.25) is 0 Å². The number of rotatable bonds is 4. The smallest absolute Gasteiger partial charge is 0.310 e. The molecular formula is C12H14O2. The van der Waals surface area contributed by atoms with Gasteiger partial charge in [-0.3, -0.25) is 4.79 Å². The zero-order chi connectivity index (χ0) is 10.6. The van der Waals surface area contributed by atoms with Crippen molar-refractivity contribution >= 4 is 5.97 Å². The molecule has 0 heterocycles. The summed E-state index contributed by atoms with van der Waals surface area (Å²) in [5.74, 6) is -1.23. The monoisotopic (exact) mass is 190 g/mol. The van der Waals surface area contributed by atoms with E-state index in [4.69, 9.17) is 5.11 Å². The van der Waals surface area contributed by atoms with Crippen LogP contribution in [-0.4, -0.2) is 11.1 Å². The predicted molar refractivity (Wildman–Crippen MR) is 56.4 cm³/mol. The first kappa shape index (κ1) is 10.5. The molecule has 1 aromatic rings. The van der Waals surface area contributed by atoms with E-state index in [1.807, 2.05) is 30.3 Å². The fourth-order valence-corrected chi connectivity index (χ4v) is 1.25. The van der Waals surface area contributed by atoms with E-state index in [0.717, 1.165) is 17.5 Å². The van der Waals surface area contributed by atoms with E-state index in [2.05, 4.69) is 6.58 Å². The second-order valence-corrected chi connectivity index (χ2v) is 3.29. The molecule has 0 amide bonds. The maximum absolute atomic E-state index is 10.7. The van der Waals surface area contributed by atoms with Crippen molar-refractivity contribution in [3.05, 3.63) is 48.0 Å². The molecular weight excluding hydrogens is 176 g/mol. The molecule has 1 atom stereocenters. The van der Waals surface area contributed by atoms with Crippen LogP contribution in [0, 0.1) is 0 Å². The summed E-state index contributed by atoms with van der Waals surface area (Å²) in [5.41, 5.74) is 1.99. The summed E-state index contributed by atoms with van der Waals surface area (Å²) >= 11 is 0. The van der Waals surface area contributed by atoms with Crippen LogP contribution in [0.25, 0.3) is 0 Å². The highest BCUT2D eigenvalue weighted by molar-refractivity contribution is 5.75. The topological polar surface area (TPSA) is 37.3 Å². The van der Waals surface area contributed by atoms with Gasteiger partial charge in [-0.1, -0.05) is 30.3 Å². The number of carboxylic acids is 1. The van der Waals surface area contributed by atoms with Crippen LogP contribution in [0.15, 0.2) is 36.9 Å². The van der Waals surface area contributed by atoms with Crippen molar-refractivity contribution in [3.8, 4) is 0 Å². The van der Waals surface area contributed by atoms with Crippen LogP contribution >= 0.6 is 0 Å². The van der Waals surface area contributed by atoms with E-state index in [1.165, 1.54) is 0 Å². The first-order valence-electron chi connectivity index (χ1n) is 4.57. The Morgan fingerprint density at radius 3 is 2.50 bits per heavy atom. The molecule has 0 bridgehead atoms. The Labute approximate surface area is 83.9 Å². The molecule has 1 aromatic carbocycles. The Balaban J connectivity index is 2.82. The molecule has 1 rings (SSSR count). The molecule has 0 aliphatic rings. The lowest BCUT2D eigenvalue weighted by atomic mass is 9.99. The summed E-state index contributed by atoms with van der Waals surface area (Å²) in [6.45, 7) is 5.33. The minimum absolute atomic E-state index is 0.437. The summed E-state index contributed by atoms with van der Waals surface area (Å²) in [6.07, 6.45) is 2.65. The van der Waals surface area contributed by atoms with Gasteiger partial charge in [0.1, 0.15) is 0 Å². The minimum Gasteiger partial charge on any atom is -0.481 e. The van der Waals surface area contributed by atoms with Gasteiger partial charge in [0.25, 0.3) is 0 Å². The van der Waals surface area contributed by atoms with Gasteiger partial charge in [-0.25, -0.2) is 0 Å². The van der Waals surface area contributed by atoms with E-state index < -0.39 is 11.9 Å². The molecule has 0 aliphatic carbocycles. The number of allylic oxidation sites excluding steroid dienone is 1. The first-order chi connectivity index (χ1) is 6.65. The van der Waals surface area contributed by atoms with E-state index in [-0.39, 0.29) is 0 Å². The average molecular weight is 190 g/mol. The second kappa shape index (κ2) is 4.61. The average Bonchev–Trinajstić information content (AvgIpc) is 2.18. The lowest BCUT2D eigenvalue weighted by molar-refractivity contribution is -0.138. The summed E-state index contributed by atoms with van der Waals surface area (Å²) in [7, 11) is 0. The third-order valence-electron chi connectivity index (χ3n) is 2.23. The van der Waals surface area contributed by atoms with Gasteiger partial charge in [0.15, 0.2) is 0 Å². The van der Waals surface area contributed by atoms with E-state index in [1.54, 1.807) is 6.92 Å². The normalized spacial score (nSPS) is 12.1. The Kier molecular flexibility index (Phi) is 3.46. The first-order valence-corrected chi connectivity index (χ1v) is 4.57. The molecule has 0 spiro atoms. The summed E-state index contributed by atoms with van der Waals surface area (Å²) in [5, 5.41) is 8.79. The fraction of sp³-hybridized carbons (Fsp3) is 0.250. The molecule has 0 aromatic heterocycles. The summed E-state index contributed by atoms with van der Waals surface area (Å²) in [6, 6.07) is 7.60. The van der Waals surface area contributed by atoms with Gasteiger partial charge < -0.3 is 5.11 Å². The van der Waals surface area contributed by atoms with Gasteiger partial charge in [0, 0.05) is 0 Å². The summed E-state index contributed by atoms with van der Waals surface area (Å²) < 4.78 is 0. The third kappa shape index (κ3) is 2.46. The molecule has 2 nitrogen and oxygen atoms in total. The molecule has 0 saturated heterocycles. The zero-order valence-corrected chi connectivity index (χ0v) is 8.23. The molecule has 1 N–H and O–H groups in total. The zero-order valence-electron chi connectivity index (χ0n) is 8.23. The number of carboxylic acid groups (broad SMARTS) is 1. The van der Waals surface area contributed by atoms with Crippen molar-refractivity contribution in [2.24, 2.45) is 0 Å². The number of aliphatic carboxylic acids is 1. The SMILES string of the molecule is C=CCc1ccc(C(C)C(=O)O)cc1. The van der Waals surface area contributed by atoms with Crippen LogP contribution in [-0.2, 0) is 11.2 Å². The van der Waals surface area contributed by atoms with Crippen molar-refractivity contribution in [1.82, 2.24) is 0 Å². The van der Waals surface area contributed by atoms with Crippen LogP contribution in [0.1, 0.15) is 24.0 Å². The van der Waals surface area contributed by atoms with Crippen molar-refractivity contribution in [3.63, 3.8) is 0 Å². The van der Waals surface area contributed by atoms with Gasteiger partial charge in [0.2, 0.25) is 0 Å². The Bertz CT molecular complexity index is 325. The number of carbonyl (C=O) groups is 1. The largest absolute Gasteiger partial charge is 0.481 e. The Morgan fingerprint density at radius 1 is 1.50 bits per heavy atom. The molecule has 0 fully saturated rings. The molecule has 74 valence electrons. The van der Waals surface area contributed by atoms with Crippen LogP contribution in [0.3, 0.4) is 0 Å². The van der Waals surface area contributed by atoms with E-state index in [0.29, 0.717) is 0 Å². The second-order valence-electron chi connectivity index (χ2n) is 3.29. The maximum Gasteiger partial charge on any atom is 0.310 e. The lowest BCUT2D eigenvalue weighted by Crippen LogP contribution is -2.07. The van der Waals surface area contributed by atoms with Gasteiger partial charge >= 0.3 is 5.97 Å².